The fraction of sp³-hybridized carbons (Fsp3) is 0.700. The molecule has 1 fully saturated rings. The van der Waals surface area contributed by atoms with Gasteiger partial charge >= 0.3 is 0 Å². The van der Waals surface area contributed by atoms with Gasteiger partial charge in [-0.25, -0.2) is 8.42 Å². The first-order valence-electron chi connectivity index (χ1n) is 5.97. The second kappa shape index (κ2) is 5.68. The Kier molecular flexibility index (Phi) is 4.36. The fourth-order valence-corrected chi connectivity index (χ4v) is 4.50. The first-order chi connectivity index (χ1) is 8.85. The molecule has 0 aliphatic carbocycles. The van der Waals surface area contributed by atoms with Crippen LogP contribution in [0.15, 0.2) is 0 Å². The van der Waals surface area contributed by atoms with E-state index in [0.29, 0.717) is 22.6 Å². The Morgan fingerprint density at radius 3 is 2.74 bits per heavy atom. The van der Waals surface area contributed by atoms with Crippen LogP contribution in [0.25, 0.3) is 0 Å². The van der Waals surface area contributed by atoms with Gasteiger partial charge in [0.1, 0.15) is 5.01 Å². The van der Waals surface area contributed by atoms with Crippen molar-refractivity contribution in [2.45, 2.75) is 32.2 Å². The van der Waals surface area contributed by atoms with Gasteiger partial charge in [0.05, 0.1) is 11.5 Å². The summed E-state index contributed by atoms with van der Waals surface area (Å²) in [6.07, 6.45) is 0.595. The van der Waals surface area contributed by atoms with Crippen molar-refractivity contribution in [3.63, 3.8) is 0 Å². The number of aromatic nitrogens is 2. The highest BCUT2D eigenvalue weighted by molar-refractivity contribution is 7.91. The minimum Gasteiger partial charge on any atom is -0.359 e. The molecule has 0 unspecified atom stereocenters. The zero-order valence-electron chi connectivity index (χ0n) is 10.7. The normalized spacial score (nSPS) is 21.5. The van der Waals surface area contributed by atoms with Crippen LogP contribution < -0.4 is 10.6 Å². The van der Waals surface area contributed by atoms with E-state index in [1.165, 1.54) is 11.3 Å². The Hall–Kier alpha value is -0.800. The first kappa shape index (κ1) is 14.6. The number of nitrogens with one attached hydrogen (secondary N) is 2. The van der Waals surface area contributed by atoms with Crippen molar-refractivity contribution in [1.82, 2.24) is 15.5 Å². The highest BCUT2D eigenvalue weighted by atomic mass is 32.2. The molecular formula is C10H16N4O2S3. The van der Waals surface area contributed by atoms with Crippen molar-refractivity contribution in [3.8, 4) is 0 Å². The number of nitrogens with zero attached hydrogens (tertiary/aromatic N) is 2. The van der Waals surface area contributed by atoms with Crippen molar-refractivity contribution in [2.24, 2.45) is 0 Å². The van der Waals surface area contributed by atoms with E-state index in [2.05, 4.69) is 20.8 Å². The molecule has 0 aromatic carbocycles. The van der Waals surface area contributed by atoms with Crippen LogP contribution >= 0.6 is 23.6 Å². The molecule has 0 bridgehead atoms. The molecule has 0 radical (unpaired) electrons. The third kappa shape index (κ3) is 4.08. The predicted octanol–water partition coefficient (Wildman–Crippen LogP) is 1.14. The number of hydrogen-bond acceptors (Lipinski definition) is 6. The van der Waals surface area contributed by atoms with Crippen LogP contribution in [0.2, 0.25) is 0 Å². The summed E-state index contributed by atoms with van der Waals surface area (Å²) in [4.78, 5) is 0. The maximum Gasteiger partial charge on any atom is 0.211 e. The third-order valence-corrected chi connectivity index (χ3v) is 5.85. The summed E-state index contributed by atoms with van der Waals surface area (Å²) < 4.78 is 22.7. The summed E-state index contributed by atoms with van der Waals surface area (Å²) in [5.41, 5.74) is 0. The zero-order valence-corrected chi connectivity index (χ0v) is 13.2. The summed E-state index contributed by atoms with van der Waals surface area (Å²) in [5, 5.41) is 15.9. The summed E-state index contributed by atoms with van der Waals surface area (Å²) >= 11 is 6.59. The molecule has 19 heavy (non-hydrogen) atoms. The van der Waals surface area contributed by atoms with Gasteiger partial charge in [0.25, 0.3) is 0 Å². The van der Waals surface area contributed by atoms with Gasteiger partial charge < -0.3 is 10.6 Å². The van der Waals surface area contributed by atoms with Crippen LogP contribution in [-0.2, 0) is 9.84 Å². The average molecular weight is 320 g/mol. The van der Waals surface area contributed by atoms with Crippen molar-refractivity contribution in [3.05, 3.63) is 5.01 Å². The molecule has 1 atom stereocenters. The van der Waals surface area contributed by atoms with Gasteiger partial charge in [-0.1, -0.05) is 25.2 Å². The maximum atomic E-state index is 11.3. The lowest BCUT2D eigenvalue weighted by molar-refractivity contribution is 0.600. The summed E-state index contributed by atoms with van der Waals surface area (Å²) in [6, 6.07) is -0.109. The Morgan fingerprint density at radius 1 is 1.47 bits per heavy atom. The van der Waals surface area contributed by atoms with Gasteiger partial charge in [-0.3, -0.25) is 0 Å². The van der Waals surface area contributed by atoms with Crippen LogP contribution in [0.4, 0.5) is 5.13 Å². The molecule has 1 aliphatic rings. The molecular weight excluding hydrogens is 304 g/mol. The van der Waals surface area contributed by atoms with Gasteiger partial charge in [-0.2, -0.15) is 0 Å². The number of rotatable bonds is 3. The quantitative estimate of drug-likeness (QED) is 0.808. The average Bonchev–Trinajstić information content (AvgIpc) is 2.85. The number of anilines is 1. The minimum absolute atomic E-state index is 0.109. The molecule has 9 heteroatoms. The third-order valence-electron chi connectivity index (χ3n) is 2.72. The second-order valence-electron chi connectivity index (χ2n) is 4.80. The fourth-order valence-electron chi connectivity index (χ4n) is 1.75. The van der Waals surface area contributed by atoms with Crippen LogP contribution in [0.1, 0.15) is 31.2 Å². The second-order valence-corrected chi connectivity index (χ2v) is 8.44. The molecule has 2 N–H and O–H groups in total. The van der Waals surface area contributed by atoms with E-state index in [1.54, 1.807) is 0 Å². The molecule has 1 saturated heterocycles. The monoisotopic (exact) mass is 320 g/mol. The van der Waals surface area contributed by atoms with E-state index in [1.807, 2.05) is 13.8 Å². The molecule has 1 aromatic rings. The van der Waals surface area contributed by atoms with E-state index in [0.717, 1.165) is 5.01 Å². The lowest BCUT2D eigenvalue weighted by Gasteiger charge is -2.12. The SMILES string of the molecule is CC(C)c1nnc(NC(=S)N[C@@H]2CCS(=O)(=O)C2)s1. The van der Waals surface area contributed by atoms with E-state index in [-0.39, 0.29) is 17.5 Å². The molecule has 6 nitrogen and oxygen atoms in total. The molecule has 1 aromatic heterocycles. The summed E-state index contributed by atoms with van der Waals surface area (Å²) in [7, 11) is -2.90. The maximum absolute atomic E-state index is 11.3. The molecule has 0 amide bonds. The van der Waals surface area contributed by atoms with E-state index < -0.39 is 9.84 Å². The Bertz CT molecular complexity index is 567. The highest BCUT2D eigenvalue weighted by Crippen LogP contribution is 2.22. The van der Waals surface area contributed by atoms with Gasteiger partial charge in [-0.15, -0.1) is 10.2 Å². The predicted molar refractivity (Wildman–Crippen MR) is 80.4 cm³/mol. The van der Waals surface area contributed by atoms with Crippen molar-refractivity contribution in [2.75, 3.05) is 16.8 Å². The van der Waals surface area contributed by atoms with Crippen molar-refractivity contribution in [1.29, 1.82) is 0 Å². The molecule has 2 heterocycles. The van der Waals surface area contributed by atoms with Crippen LogP contribution in [-0.4, -0.2) is 41.3 Å². The first-order valence-corrected chi connectivity index (χ1v) is 9.01. The number of hydrogen-bond donors (Lipinski definition) is 2. The number of thiocarbonyl (C=S) groups is 1. The molecule has 106 valence electrons. The largest absolute Gasteiger partial charge is 0.359 e. The van der Waals surface area contributed by atoms with Gasteiger partial charge in [0, 0.05) is 12.0 Å². The minimum atomic E-state index is -2.90. The topological polar surface area (TPSA) is 84.0 Å². The molecule has 2 rings (SSSR count). The Morgan fingerprint density at radius 2 is 2.21 bits per heavy atom. The Labute approximate surface area is 121 Å². The highest BCUT2D eigenvalue weighted by Gasteiger charge is 2.28. The Balaban J connectivity index is 1.87. The van der Waals surface area contributed by atoms with Crippen LogP contribution in [0.3, 0.4) is 0 Å². The molecule has 0 spiro atoms. The lowest BCUT2D eigenvalue weighted by atomic mass is 10.2. The summed E-state index contributed by atoms with van der Waals surface area (Å²) in [6.45, 7) is 4.09. The zero-order chi connectivity index (χ0) is 14.0. The summed E-state index contributed by atoms with van der Waals surface area (Å²) in [5.74, 6) is 0.695. The smallest absolute Gasteiger partial charge is 0.211 e. The van der Waals surface area contributed by atoms with E-state index in [4.69, 9.17) is 12.2 Å². The number of sulfone groups is 1. The standard InChI is InChI=1S/C10H16N4O2S3/c1-6(2)8-13-14-10(18-8)12-9(17)11-7-3-4-19(15,16)5-7/h6-7H,3-5H2,1-2H3,(H2,11,12,14,17)/t7-/m1/s1. The lowest BCUT2D eigenvalue weighted by Crippen LogP contribution is -2.38. The van der Waals surface area contributed by atoms with Crippen LogP contribution in [0, 0.1) is 0 Å². The van der Waals surface area contributed by atoms with Gasteiger partial charge in [0.2, 0.25) is 5.13 Å². The van der Waals surface area contributed by atoms with Crippen molar-refractivity contribution < 1.29 is 8.42 Å². The molecule has 1 aliphatic heterocycles. The van der Waals surface area contributed by atoms with Gasteiger partial charge in [-0.05, 0) is 18.6 Å². The van der Waals surface area contributed by atoms with Crippen LogP contribution in [0.5, 0.6) is 0 Å². The van der Waals surface area contributed by atoms with E-state index in [9.17, 15) is 8.42 Å². The molecule has 0 saturated carbocycles. The van der Waals surface area contributed by atoms with Crippen molar-refractivity contribution >= 4 is 43.6 Å². The van der Waals surface area contributed by atoms with E-state index >= 15 is 0 Å². The van der Waals surface area contributed by atoms with Gasteiger partial charge in [0.15, 0.2) is 14.9 Å².